The highest BCUT2D eigenvalue weighted by Crippen LogP contribution is 2.29. The molecule has 0 saturated carbocycles. The van der Waals surface area contributed by atoms with Crippen molar-refractivity contribution in [2.45, 2.75) is 26.4 Å². The standard InChI is InChI=1S/C15H20BrNO3/c1-10(9-16)12-7-6-11(8-13(12)19-5)17-14(18)20-15(2,3)4/h6-8H,1,9H2,2-5H3,(H,17,18). The Labute approximate surface area is 128 Å². The molecule has 0 atom stereocenters. The number of anilines is 1. The van der Waals surface area contributed by atoms with Gasteiger partial charge < -0.3 is 9.47 Å². The molecule has 0 aliphatic rings. The van der Waals surface area contributed by atoms with Gasteiger partial charge in [0.25, 0.3) is 0 Å². The van der Waals surface area contributed by atoms with Gasteiger partial charge in [-0.25, -0.2) is 4.79 Å². The van der Waals surface area contributed by atoms with Gasteiger partial charge in [0, 0.05) is 22.6 Å². The molecule has 110 valence electrons. The average Bonchev–Trinajstić information content (AvgIpc) is 2.35. The lowest BCUT2D eigenvalue weighted by Gasteiger charge is -2.20. The molecular formula is C15H20BrNO3. The number of allylic oxidation sites excluding steroid dienone is 1. The molecule has 0 aliphatic heterocycles. The van der Waals surface area contributed by atoms with Crippen LogP contribution in [0.4, 0.5) is 10.5 Å². The first kappa shape index (κ1) is 16.6. The SMILES string of the molecule is C=C(CBr)c1ccc(NC(=O)OC(C)(C)C)cc1OC. The fraction of sp³-hybridized carbons (Fsp3) is 0.400. The van der Waals surface area contributed by atoms with E-state index in [-0.39, 0.29) is 0 Å². The lowest BCUT2D eigenvalue weighted by atomic mass is 10.1. The Morgan fingerprint density at radius 2 is 2.05 bits per heavy atom. The first-order chi connectivity index (χ1) is 9.26. The predicted molar refractivity (Wildman–Crippen MR) is 85.7 cm³/mol. The van der Waals surface area contributed by atoms with Crippen molar-refractivity contribution in [3.63, 3.8) is 0 Å². The number of benzene rings is 1. The quantitative estimate of drug-likeness (QED) is 0.823. The zero-order chi connectivity index (χ0) is 15.3. The molecule has 0 unspecified atom stereocenters. The molecule has 0 heterocycles. The average molecular weight is 342 g/mol. The monoisotopic (exact) mass is 341 g/mol. The summed E-state index contributed by atoms with van der Waals surface area (Å²) in [6, 6.07) is 5.39. The van der Waals surface area contributed by atoms with Gasteiger partial charge >= 0.3 is 6.09 Å². The van der Waals surface area contributed by atoms with Gasteiger partial charge in [0.2, 0.25) is 0 Å². The summed E-state index contributed by atoms with van der Waals surface area (Å²) in [7, 11) is 1.58. The molecule has 0 bridgehead atoms. The normalized spacial score (nSPS) is 10.8. The molecule has 20 heavy (non-hydrogen) atoms. The minimum Gasteiger partial charge on any atom is -0.496 e. The molecular weight excluding hydrogens is 322 g/mol. The van der Waals surface area contributed by atoms with Crippen LogP contribution in [-0.2, 0) is 4.74 Å². The van der Waals surface area contributed by atoms with Gasteiger partial charge in [-0.1, -0.05) is 22.5 Å². The van der Waals surface area contributed by atoms with Gasteiger partial charge in [-0.15, -0.1) is 0 Å². The number of hydrogen-bond donors (Lipinski definition) is 1. The van der Waals surface area contributed by atoms with Gasteiger partial charge in [0.15, 0.2) is 0 Å². The number of amides is 1. The maximum Gasteiger partial charge on any atom is 0.412 e. The number of nitrogens with one attached hydrogen (secondary N) is 1. The van der Waals surface area contributed by atoms with Gasteiger partial charge in [-0.05, 0) is 38.5 Å². The van der Waals surface area contributed by atoms with Crippen LogP contribution in [0.15, 0.2) is 24.8 Å². The molecule has 0 radical (unpaired) electrons. The van der Waals surface area contributed by atoms with E-state index in [4.69, 9.17) is 9.47 Å². The number of halogens is 1. The molecule has 0 aliphatic carbocycles. The molecule has 1 amide bonds. The van der Waals surface area contributed by atoms with Crippen molar-refractivity contribution in [3.05, 3.63) is 30.3 Å². The van der Waals surface area contributed by atoms with Crippen LogP contribution < -0.4 is 10.1 Å². The smallest absolute Gasteiger partial charge is 0.412 e. The maximum absolute atomic E-state index is 11.7. The lowest BCUT2D eigenvalue weighted by molar-refractivity contribution is 0.0636. The fourth-order valence-corrected chi connectivity index (χ4v) is 1.86. The highest BCUT2D eigenvalue weighted by molar-refractivity contribution is 9.09. The largest absolute Gasteiger partial charge is 0.496 e. The lowest BCUT2D eigenvalue weighted by Crippen LogP contribution is -2.27. The van der Waals surface area contributed by atoms with E-state index in [2.05, 4.69) is 27.8 Å². The molecule has 4 nitrogen and oxygen atoms in total. The maximum atomic E-state index is 11.7. The van der Waals surface area contributed by atoms with Crippen molar-refractivity contribution in [1.82, 2.24) is 0 Å². The molecule has 0 aromatic heterocycles. The third-order valence-electron chi connectivity index (χ3n) is 2.39. The Morgan fingerprint density at radius 3 is 2.55 bits per heavy atom. The summed E-state index contributed by atoms with van der Waals surface area (Å²) in [5.74, 6) is 0.656. The second kappa shape index (κ2) is 6.79. The van der Waals surface area contributed by atoms with Crippen molar-refractivity contribution < 1.29 is 14.3 Å². The number of carbonyl (C=O) groups is 1. The molecule has 0 spiro atoms. The van der Waals surface area contributed by atoms with Crippen LogP contribution >= 0.6 is 15.9 Å². The first-order valence-corrected chi connectivity index (χ1v) is 7.31. The van der Waals surface area contributed by atoms with E-state index in [9.17, 15) is 4.79 Å². The minimum atomic E-state index is -0.529. The molecule has 1 aromatic carbocycles. The second-order valence-corrected chi connectivity index (χ2v) is 5.84. The van der Waals surface area contributed by atoms with Crippen LogP contribution in [0.3, 0.4) is 0 Å². The molecule has 1 rings (SSSR count). The number of rotatable bonds is 4. The Morgan fingerprint density at radius 1 is 1.40 bits per heavy atom. The third-order valence-corrected chi connectivity index (χ3v) is 3.07. The van der Waals surface area contributed by atoms with E-state index in [0.717, 1.165) is 11.1 Å². The van der Waals surface area contributed by atoms with Gasteiger partial charge in [0.1, 0.15) is 11.4 Å². The zero-order valence-corrected chi connectivity index (χ0v) is 13.8. The summed E-state index contributed by atoms with van der Waals surface area (Å²) in [4.78, 5) is 11.7. The minimum absolute atomic E-state index is 0.494. The van der Waals surface area contributed by atoms with E-state index in [1.54, 1.807) is 19.2 Å². The summed E-state index contributed by atoms with van der Waals surface area (Å²) in [5, 5.41) is 3.33. The van der Waals surface area contributed by atoms with Crippen LogP contribution in [0.5, 0.6) is 5.75 Å². The van der Waals surface area contributed by atoms with Crippen LogP contribution in [0.1, 0.15) is 26.3 Å². The van der Waals surface area contributed by atoms with Crippen molar-refractivity contribution in [2.24, 2.45) is 0 Å². The molecule has 1 N–H and O–H groups in total. The fourth-order valence-electron chi connectivity index (χ4n) is 1.55. The Kier molecular flexibility index (Phi) is 5.62. The van der Waals surface area contributed by atoms with E-state index in [1.165, 1.54) is 0 Å². The summed E-state index contributed by atoms with van der Waals surface area (Å²) >= 11 is 3.36. The van der Waals surface area contributed by atoms with Crippen LogP contribution in [-0.4, -0.2) is 24.1 Å². The molecule has 0 saturated heterocycles. The number of methoxy groups -OCH3 is 1. The van der Waals surface area contributed by atoms with Gasteiger partial charge in [-0.3, -0.25) is 5.32 Å². The van der Waals surface area contributed by atoms with Crippen LogP contribution in [0.25, 0.3) is 5.57 Å². The Hall–Kier alpha value is -1.49. The summed E-state index contributed by atoms with van der Waals surface area (Å²) in [5.41, 5.74) is 1.89. The van der Waals surface area contributed by atoms with Gasteiger partial charge in [-0.2, -0.15) is 0 Å². The highest BCUT2D eigenvalue weighted by Gasteiger charge is 2.16. The topological polar surface area (TPSA) is 47.6 Å². The van der Waals surface area contributed by atoms with E-state index < -0.39 is 11.7 Å². The van der Waals surface area contributed by atoms with E-state index in [1.807, 2.05) is 26.8 Å². The van der Waals surface area contributed by atoms with E-state index in [0.29, 0.717) is 16.8 Å². The van der Waals surface area contributed by atoms with Crippen molar-refractivity contribution in [1.29, 1.82) is 0 Å². The highest BCUT2D eigenvalue weighted by atomic mass is 79.9. The van der Waals surface area contributed by atoms with Crippen molar-refractivity contribution >= 4 is 33.3 Å². The summed E-state index contributed by atoms with van der Waals surface area (Å²) in [6.45, 7) is 9.40. The summed E-state index contributed by atoms with van der Waals surface area (Å²) < 4.78 is 10.5. The molecule has 1 aromatic rings. The number of ether oxygens (including phenoxy) is 2. The van der Waals surface area contributed by atoms with Crippen molar-refractivity contribution in [2.75, 3.05) is 17.8 Å². The van der Waals surface area contributed by atoms with Crippen LogP contribution in [0.2, 0.25) is 0 Å². The Balaban J connectivity index is 2.88. The van der Waals surface area contributed by atoms with E-state index >= 15 is 0 Å². The Bertz CT molecular complexity index is 506. The van der Waals surface area contributed by atoms with Crippen molar-refractivity contribution in [3.8, 4) is 5.75 Å². The van der Waals surface area contributed by atoms with Crippen LogP contribution in [0, 0.1) is 0 Å². The number of alkyl halides is 1. The molecule has 5 heteroatoms. The second-order valence-electron chi connectivity index (χ2n) is 5.28. The molecule has 0 fully saturated rings. The predicted octanol–water partition coefficient (Wildman–Crippen LogP) is 4.45. The third kappa shape index (κ3) is 4.89. The summed E-state index contributed by atoms with van der Waals surface area (Å²) in [6.07, 6.45) is -0.494. The first-order valence-electron chi connectivity index (χ1n) is 6.19. The van der Waals surface area contributed by atoms with Gasteiger partial charge in [0.05, 0.1) is 7.11 Å². The number of hydrogen-bond acceptors (Lipinski definition) is 3. The number of carbonyl (C=O) groups excluding carboxylic acids is 1. The zero-order valence-electron chi connectivity index (χ0n) is 12.2.